The monoisotopic (exact) mass is 423 g/mol. The van der Waals surface area contributed by atoms with Crippen molar-refractivity contribution in [3.05, 3.63) is 43.7 Å². The van der Waals surface area contributed by atoms with Gasteiger partial charge in [-0.05, 0) is 12.1 Å². The van der Waals surface area contributed by atoms with E-state index in [0.29, 0.717) is 0 Å². The second-order valence-electron chi connectivity index (χ2n) is 3.40. The minimum atomic E-state index is -5.65. The molecular formula is C11H11F3IO4S+. The topological polar surface area (TPSA) is 52.6 Å². The van der Waals surface area contributed by atoms with Crippen LogP contribution in [0.1, 0.15) is 0 Å². The molecule has 4 nitrogen and oxygen atoms in total. The van der Waals surface area contributed by atoms with E-state index in [1.54, 1.807) is 30.3 Å². The largest absolute Gasteiger partial charge is 0.534 e. The van der Waals surface area contributed by atoms with Crippen LogP contribution < -0.4 is 21.2 Å². The van der Waals surface area contributed by atoms with Gasteiger partial charge in [0.1, 0.15) is 6.61 Å². The first-order valence-corrected chi connectivity index (χ1v) is 8.86. The molecule has 0 aliphatic heterocycles. The van der Waals surface area contributed by atoms with E-state index in [1.807, 2.05) is 0 Å². The molecule has 0 amide bonds. The summed E-state index contributed by atoms with van der Waals surface area (Å²) in [6.45, 7) is -0.345. The van der Waals surface area contributed by atoms with E-state index in [1.165, 1.54) is 11.2 Å². The fourth-order valence-corrected chi connectivity index (χ4v) is 3.50. The van der Waals surface area contributed by atoms with E-state index >= 15 is 0 Å². The molecule has 0 spiro atoms. The van der Waals surface area contributed by atoms with Gasteiger partial charge in [-0.25, -0.2) is 0 Å². The van der Waals surface area contributed by atoms with Crippen LogP contribution in [-0.4, -0.2) is 27.6 Å². The molecule has 0 aliphatic carbocycles. The first-order valence-electron chi connectivity index (χ1n) is 5.13. The normalized spacial score (nSPS) is 13.3. The van der Waals surface area contributed by atoms with Crippen molar-refractivity contribution in [2.75, 3.05) is 13.7 Å². The molecule has 0 saturated carbocycles. The molecule has 0 fully saturated rings. The minimum absolute atomic E-state index is 0.345. The molecule has 20 heavy (non-hydrogen) atoms. The number of benzene rings is 1. The molecule has 0 atom stereocenters. The average Bonchev–Trinajstić information content (AvgIpc) is 2.36. The van der Waals surface area contributed by atoms with Crippen molar-refractivity contribution in [2.45, 2.75) is 5.51 Å². The number of halogens is 4. The third kappa shape index (κ3) is 5.29. The number of rotatable bonds is 6. The third-order valence-electron chi connectivity index (χ3n) is 1.82. The Bertz CT molecular complexity index is 555. The summed E-state index contributed by atoms with van der Waals surface area (Å²) in [7, 11) is -4.42. The fourth-order valence-electron chi connectivity index (χ4n) is 1.02. The second-order valence-corrected chi connectivity index (χ2v) is 7.43. The second kappa shape index (κ2) is 7.27. The van der Waals surface area contributed by atoms with Crippen LogP contribution in [0.25, 0.3) is 0 Å². The number of ether oxygens (including phenoxy) is 1. The molecule has 0 aromatic heterocycles. The molecule has 9 heteroatoms. The van der Waals surface area contributed by atoms with Crippen LogP contribution in [0.3, 0.4) is 0 Å². The van der Waals surface area contributed by atoms with Crippen LogP contribution in [0.15, 0.2) is 40.2 Å². The van der Waals surface area contributed by atoms with Gasteiger partial charge in [-0.3, -0.25) is 0 Å². The Labute approximate surface area is 125 Å². The summed E-state index contributed by atoms with van der Waals surface area (Å²) < 4.78 is 69.5. The molecule has 1 rings (SSSR count). The minimum Gasteiger partial charge on any atom is -0.377 e. The molecule has 0 aliphatic rings. The van der Waals surface area contributed by atoms with E-state index in [-0.39, 0.29) is 12.4 Å². The molecule has 112 valence electrons. The average molecular weight is 423 g/mol. The number of hydrogen-bond acceptors (Lipinski definition) is 4. The first kappa shape index (κ1) is 17.2. The van der Waals surface area contributed by atoms with Gasteiger partial charge in [0.05, 0.1) is 0 Å². The molecule has 1 aromatic carbocycles. The van der Waals surface area contributed by atoms with Gasteiger partial charge < -0.3 is 8.92 Å². The predicted octanol–water partition coefficient (Wildman–Crippen LogP) is -0.701. The van der Waals surface area contributed by atoms with Gasteiger partial charge in [0, 0.05) is 7.11 Å². The lowest BCUT2D eigenvalue weighted by atomic mass is 10.4. The smallest absolute Gasteiger partial charge is 0.377 e. The highest BCUT2D eigenvalue weighted by molar-refractivity contribution is 7.87. The van der Waals surface area contributed by atoms with Crippen LogP contribution in [-0.2, 0) is 19.0 Å². The van der Waals surface area contributed by atoms with Crippen molar-refractivity contribution in [3.63, 3.8) is 0 Å². The highest BCUT2D eigenvalue weighted by Gasteiger charge is 2.49. The predicted molar refractivity (Wildman–Crippen MR) is 61.2 cm³/mol. The molecule has 0 unspecified atom stereocenters. The van der Waals surface area contributed by atoms with Gasteiger partial charge in [-0.1, -0.05) is 18.2 Å². The first-order chi connectivity index (χ1) is 9.26. The molecule has 0 bridgehead atoms. The molecular weight excluding hydrogens is 412 g/mol. The standard InChI is InChI=1S/C11H11F3IO4S/c1-18-8-10(19-20(16,17)11(12,13)14)7-15-9-5-3-2-4-6-9/h2-7H,8H2,1H3/q+1/b10-7+. The Balaban J connectivity index is 2.85. The zero-order valence-electron chi connectivity index (χ0n) is 10.2. The summed E-state index contributed by atoms with van der Waals surface area (Å²) in [5.74, 6) is -0.360. The van der Waals surface area contributed by atoms with Gasteiger partial charge in [-0.2, -0.15) is 21.6 Å². The van der Waals surface area contributed by atoms with Crippen LogP contribution >= 0.6 is 0 Å². The van der Waals surface area contributed by atoms with E-state index in [0.717, 1.165) is 3.57 Å². The van der Waals surface area contributed by atoms with Crippen LogP contribution in [0.4, 0.5) is 13.2 Å². The van der Waals surface area contributed by atoms with Crippen molar-refractivity contribution >= 4 is 10.1 Å². The van der Waals surface area contributed by atoms with Gasteiger partial charge in [-0.15, -0.1) is 0 Å². The zero-order chi connectivity index (χ0) is 15.2. The Morgan fingerprint density at radius 3 is 2.40 bits per heavy atom. The summed E-state index contributed by atoms with van der Waals surface area (Å²) >= 11 is -0.816. The lowest BCUT2D eigenvalue weighted by molar-refractivity contribution is -0.558. The quantitative estimate of drug-likeness (QED) is 0.263. The Morgan fingerprint density at radius 2 is 1.90 bits per heavy atom. The van der Waals surface area contributed by atoms with Crippen molar-refractivity contribution in [2.24, 2.45) is 0 Å². The van der Waals surface area contributed by atoms with E-state index in [2.05, 4.69) is 8.92 Å². The fraction of sp³-hybridized carbons (Fsp3) is 0.273. The summed E-state index contributed by atoms with van der Waals surface area (Å²) in [6.07, 6.45) is 0. The van der Waals surface area contributed by atoms with Crippen LogP contribution in [0.5, 0.6) is 0 Å². The third-order valence-corrected chi connectivity index (χ3v) is 5.27. The summed E-state index contributed by atoms with van der Waals surface area (Å²) in [5, 5.41) is 0. The maximum Gasteiger partial charge on any atom is 0.534 e. The number of alkyl halides is 3. The number of methoxy groups -OCH3 is 1. The summed E-state index contributed by atoms with van der Waals surface area (Å²) in [4.78, 5) is 0. The Kier molecular flexibility index (Phi) is 6.27. The lowest BCUT2D eigenvalue weighted by Crippen LogP contribution is -3.59. The van der Waals surface area contributed by atoms with Gasteiger partial charge in [0.25, 0.3) is 0 Å². The van der Waals surface area contributed by atoms with Crippen molar-refractivity contribution < 1.29 is 51.7 Å². The van der Waals surface area contributed by atoms with Crippen LogP contribution in [0, 0.1) is 3.57 Å². The highest BCUT2D eigenvalue weighted by Crippen LogP contribution is 2.26. The van der Waals surface area contributed by atoms with Crippen molar-refractivity contribution in [1.82, 2.24) is 0 Å². The SMILES string of the molecule is COC/C(=C\[I+]c1ccccc1)OS(=O)(=O)C(F)(F)F. The Morgan fingerprint density at radius 1 is 1.30 bits per heavy atom. The van der Waals surface area contributed by atoms with Gasteiger partial charge in [0.15, 0.2) is 9.33 Å². The van der Waals surface area contributed by atoms with Crippen LogP contribution in [0.2, 0.25) is 0 Å². The lowest BCUT2D eigenvalue weighted by Gasteiger charge is -2.09. The van der Waals surface area contributed by atoms with E-state index < -0.39 is 36.8 Å². The molecule has 0 saturated heterocycles. The van der Waals surface area contributed by atoms with Crippen molar-refractivity contribution in [3.8, 4) is 0 Å². The number of hydrogen-bond donors (Lipinski definition) is 0. The maximum atomic E-state index is 12.2. The molecule has 0 radical (unpaired) electrons. The highest BCUT2D eigenvalue weighted by atomic mass is 127. The molecule has 1 aromatic rings. The summed E-state index contributed by atoms with van der Waals surface area (Å²) in [6, 6.07) is 8.97. The zero-order valence-corrected chi connectivity index (χ0v) is 13.2. The van der Waals surface area contributed by atoms with E-state index in [9.17, 15) is 21.6 Å². The van der Waals surface area contributed by atoms with Crippen molar-refractivity contribution in [1.29, 1.82) is 0 Å². The maximum absolute atomic E-state index is 12.2. The molecule has 0 N–H and O–H groups in total. The van der Waals surface area contributed by atoms with E-state index in [4.69, 9.17) is 0 Å². The van der Waals surface area contributed by atoms with Gasteiger partial charge >= 0.3 is 36.8 Å². The molecule has 0 heterocycles. The van der Waals surface area contributed by atoms with Gasteiger partial charge in [0.2, 0.25) is 4.08 Å². The Hall–Kier alpha value is -0.810. The summed E-state index contributed by atoms with van der Waals surface area (Å²) in [5.41, 5.74) is -5.45.